The van der Waals surface area contributed by atoms with E-state index < -0.39 is 0 Å². The average molecular weight is 638 g/mol. The Bertz CT molecular complexity index is 2550. The first-order chi connectivity index (χ1) is 24.8. The number of benzene rings is 7. The van der Waals surface area contributed by atoms with E-state index in [0.29, 0.717) is 0 Å². The highest BCUT2D eigenvalue weighted by Gasteiger charge is 2.12. The van der Waals surface area contributed by atoms with Crippen molar-refractivity contribution in [3.8, 4) is 67.3 Å². The molecule has 234 valence electrons. The lowest BCUT2D eigenvalue weighted by Crippen LogP contribution is -1.95. The largest absolute Gasteiger partial charge is 0.256 e. The number of aromatic nitrogens is 3. The Kier molecular flexibility index (Phi) is 7.49. The van der Waals surface area contributed by atoms with Crippen molar-refractivity contribution in [1.82, 2.24) is 15.0 Å². The highest BCUT2D eigenvalue weighted by molar-refractivity contribution is 5.99. The van der Waals surface area contributed by atoms with Crippen molar-refractivity contribution in [2.24, 2.45) is 0 Å². The van der Waals surface area contributed by atoms with Gasteiger partial charge in [0.05, 0.1) is 16.9 Å². The molecule has 0 radical (unpaired) electrons. The van der Waals surface area contributed by atoms with Gasteiger partial charge in [0.15, 0.2) is 5.82 Å². The number of rotatable bonds is 6. The van der Waals surface area contributed by atoms with E-state index in [2.05, 4.69) is 145 Å². The number of nitrogens with zero attached hydrogens (tertiary/aromatic N) is 3. The van der Waals surface area contributed by atoms with Crippen LogP contribution in [-0.4, -0.2) is 15.0 Å². The molecule has 0 amide bonds. The molecule has 0 unspecified atom stereocenters. The fourth-order valence-electron chi connectivity index (χ4n) is 6.77. The summed E-state index contributed by atoms with van der Waals surface area (Å²) in [5.74, 6) is 0.717. The molecule has 7 aromatic carbocycles. The summed E-state index contributed by atoms with van der Waals surface area (Å²) < 4.78 is 0. The summed E-state index contributed by atoms with van der Waals surface area (Å²) in [6, 6.07) is 63.9. The van der Waals surface area contributed by atoms with Crippen molar-refractivity contribution in [1.29, 1.82) is 0 Å². The number of hydrogen-bond acceptors (Lipinski definition) is 3. The lowest BCUT2D eigenvalue weighted by Gasteiger charge is -2.12. The second-order valence-electron chi connectivity index (χ2n) is 12.5. The van der Waals surface area contributed by atoms with E-state index in [9.17, 15) is 0 Å². The predicted octanol–water partition coefficient (Wildman–Crippen LogP) is 12.2. The summed E-state index contributed by atoms with van der Waals surface area (Å²) in [7, 11) is 0. The van der Waals surface area contributed by atoms with Gasteiger partial charge < -0.3 is 0 Å². The Morgan fingerprint density at radius 2 is 0.860 bits per heavy atom. The minimum Gasteiger partial charge on any atom is -0.256 e. The summed E-state index contributed by atoms with van der Waals surface area (Å²) in [5.41, 5.74) is 13.0. The van der Waals surface area contributed by atoms with Crippen molar-refractivity contribution in [2.45, 2.75) is 0 Å². The van der Waals surface area contributed by atoms with Gasteiger partial charge in [-0.3, -0.25) is 4.98 Å². The molecule has 9 rings (SSSR count). The zero-order chi connectivity index (χ0) is 33.3. The third kappa shape index (κ3) is 5.61. The first-order valence-corrected chi connectivity index (χ1v) is 16.8. The summed E-state index contributed by atoms with van der Waals surface area (Å²) >= 11 is 0. The molecule has 0 bridgehead atoms. The van der Waals surface area contributed by atoms with Gasteiger partial charge in [-0.2, -0.15) is 0 Å². The van der Waals surface area contributed by atoms with Crippen molar-refractivity contribution in [3.63, 3.8) is 0 Å². The Morgan fingerprint density at radius 1 is 0.320 bits per heavy atom. The molecule has 3 heteroatoms. The Labute approximate surface area is 291 Å². The quantitative estimate of drug-likeness (QED) is 0.182. The van der Waals surface area contributed by atoms with Crippen LogP contribution in [0.15, 0.2) is 188 Å². The molecule has 0 N–H and O–H groups in total. The summed E-state index contributed by atoms with van der Waals surface area (Å²) in [6.45, 7) is 0. The van der Waals surface area contributed by atoms with Gasteiger partial charge in [-0.1, -0.05) is 164 Å². The predicted molar refractivity (Wildman–Crippen MR) is 207 cm³/mol. The van der Waals surface area contributed by atoms with Crippen LogP contribution in [-0.2, 0) is 0 Å². The standard InChI is InChI=1S/C47H31N3/c1-3-10-36(11-4-1)44-31-45(50-47(49-44)39-12-5-2-6-13-39)37-26-23-34(24-27-37)41-17-7-14-33-25-28-40(30-43(33)41)32-19-21-35(22-20-32)42-18-8-15-38-16-9-29-48-46(38)42/h1-31H. The van der Waals surface area contributed by atoms with E-state index >= 15 is 0 Å². The SMILES string of the molecule is c1ccc(-c2cc(-c3ccc(-c4cccc5ccc(-c6ccc(-c7cccc8cccnc78)cc6)cc45)cc3)nc(-c3ccccc3)n2)cc1. The molecule has 0 atom stereocenters. The molecule has 0 saturated carbocycles. The number of fused-ring (bicyclic) bond motifs is 2. The maximum Gasteiger partial charge on any atom is 0.160 e. The molecule has 0 saturated heterocycles. The summed E-state index contributed by atoms with van der Waals surface area (Å²) in [5, 5.41) is 3.58. The van der Waals surface area contributed by atoms with Crippen LogP contribution >= 0.6 is 0 Å². The van der Waals surface area contributed by atoms with Gasteiger partial charge >= 0.3 is 0 Å². The molecule has 50 heavy (non-hydrogen) atoms. The Balaban J connectivity index is 1.06. The minimum atomic E-state index is 0.717. The van der Waals surface area contributed by atoms with Crippen LogP contribution in [0, 0.1) is 0 Å². The fourth-order valence-corrected chi connectivity index (χ4v) is 6.77. The Morgan fingerprint density at radius 3 is 1.58 bits per heavy atom. The first-order valence-electron chi connectivity index (χ1n) is 16.8. The van der Waals surface area contributed by atoms with E-state index in [0.717, 1.165) is 61.5 Å². The molecule has 3 nitrogen and oxygen atoms in total. The summed E-state index contributed by atoms with van der Waals surface area (Å²) in [6.07, 6.45) is 1.86. The molecule has 0 spiro atoms. The van der Waals surface area contributed by atoms with Gasteiger partial charge in [0.2, 0.25) is 0 Å². The number of pyridine rings is 1. The van der Waals surface area contributed by atoms with Gasteiger partial charge in [0, 0.05) is 33.8 Å². The highest BCUT2D eigenvalue weighted by Crippen LogP contribution is 2.35. The topological polar surface area (TPSA) is 38.7 Å². The van der Waals surface area contributed by atoms with Gasteiger partial charge in [0.25, 0.3) is 0 Å². The van der Waals surface area contributed by atoms with Crippen molar-refractivity contribution >= 4 is 21.7 Å². The number of para-hydroxylation sites is 1. The molecule has 2 heterocycles. The first kappa shape index (κ1) is 29.4. The van der Waals surface area contributed by atoms with Gasteiger partial charge in [-0.15, -0.1) is 0 Å². The second-order valence-corrected chi connectivity index (χ2v) is 12.5. The smallest absolute Gasteiger partial charge is 0.160 e. The van der Waals surface area contributed by atoms with E-state index in [-0.39, 0.29) is 0 Å². The van der Waals surface area contributed by atoms with Crippen molar-refractivity contribution < 1.29 is 0 Å². The lowest BCUT2D eigenvalue weighted by atomic mass is 9.93. The number of hydrogen-bond donors (Lipinski definition) is 0. The normalized spacial score (nSPS) is 11.2. The lowest BCUT2D eigenvalue weighted by molar-refractivity contribution is 1.18. The molecular weight excluding hydrogens is 607 g/mol. The van der Waals surface area contributed by atoms with Crippen LogP contribution < -0.4 is 0 Å². The molecule has 0 aliphatic heterocycles. The van der Waals surface area contributed by atoms with Gasteiger partial charge in [-0.05, 0) is 56.8 Å². The molecule has 0 aliphatic rings. The van der Waals surface area contributed by atoms with E-state index in [1.807, 2.05) is 48.7 Å². The van der Waals surface area contributed by atoms with Crippen LogP contribution in [0.3, 0.4) is 0 Å². The van der Waals surface area contributed by atoms with Crippen LogP contribution in [0.4, 0.5) is 0 Å². The van der Waals surface area contributed by atoms with Crippen molar-refractivity contribution in [3.05, 3.63) is 188 Å². The molecule has 2 aromatic heterocycles. The zero-order valence-electron chi connectivity index (χ0n) is 27.2. The zero-order valence-corrected chi connectivity index (χ0v) is 27.2. The van der Waals surface area contributed by atoms with Gasteiger partial charge in [0.1, 0.15) is 0 Å². The van der Waals surface area contributed by atoms with Crippen LogP contribution in [0.1, 0.15) is 0 Å². The minimum absolute atomic E-state index is 0.717. The highest BCUT2D eigenvalue weighted by atomic mass is 14.9. The second kappa shape index (κ2) is 12.7. The monoisotopic (exact) mass is 637 g/mol. The van der Waals surface area contributed by atoms with Crippen molar-refractivity contribution in [2.75, 3.05) is 0 Å². The maximum atomic E-state index is 5.02. The summed E-state index contributed by atoms with van der Waals surface area (Å²) in [4.78, 5) is 14.6. The molecule has 0 aliphatic carbocycles. The van der Waals surface area contributed by atoms with E-state index in [4.69, 9.17) is 9.97 Å². The van der Waals surface area contributed by atoms with E-state index in [1.54, 1.807) is 0 Å². The third-order valence-electron chi connectivity index (χ3n) is 9.36. The van der Waals surface area contributed by atoms with Crippen LogP contribution in [0.2, 0.25) is 0 Å². The fraction of sp³-hybridized carbons (Fsp3) is 0. The van der Waals surface area contributed by atoms with Crippen LogP contribution in [0.25, 0.3) is 89.0 Å². The van der Waals surface area contributed by atoms with Crippen LogP contribution in [0.5, 0.6) is 0 Å². The molecular formula is C47H31N3. The average Bonchev–Trinajstić information content (AvgIpc) is 3.21. The molecule has 9 aromatic rings. The third-order valence-corrected chi connectivity index (χ3v) is 9.36. The molecule has 0 fully saturated rings. The van der Waals surface area contributed by atoms with E-state index in [1.165, 1.54) is 27.5 Å². The Hall–Kier alpha value is -6.71. The maximum absolute atomic E-state index is 5.02. The van der Waals surface area contributed by atoms with Gasteiger partial charge in [-0.25, -0.2) is 9.97 Å².